The van der Waals surface area contributed by atoms with Crippen LogP contribution in [0.5, 0.6) is 0 Å². The summed E-state index contributed by atoms with van der Waals surface area (Å²) in [5, 5.41) is 25.1. The van der Waals surface area contributed by atoms with Crippen molar-refractivity contribution in [3.8, 4) is 0 Å². The number of non-ortho nitro benzene ring substituents is 1. The third-order valence-electron chi connectivity index (χ3n) is 6.35. The maximum Gasteiger partial charge on any atom is 0.279 e. The number of piperazine rings is 1. The highest BCUT2D eigenvalue weighted by atomic mass is 16.6. The number of amides is 1. The largest absolute Gasteiger partial charge is 0.322 e. The van der Waals surface area contributed by atoms with Crippen LogP contribution in [0.4, 0.5) is 17.1 Å². The predicted octanol–water partition coefficient (Wildman–Crippen LogP) is 4.38. The maximum absolute atomic E-state index is 12.8. The van der Waals surface area contributed by atoms with Crippen LogP contribution in [0, 0.1) is 27.2 Å². The summed E-state index contributed by atoms with van der Waals surface area (Å²) in [5.41, 5.74) is 1.93. The zero-order chi connectivity index (χ0) is 25.7. The van der Waals surface area contributed by atoms with Crippen LogP contribution >= 0.6 is 0 Å². The van der Waals surface area contributed by atoms with Crippen molar-refractivity contribution >= 4 is 23.0 Å². The van der Waals surface area contributed by atoms with Gasteiger partial charge < -0.3 is 5.32 Å². The second-order valence-electron chi connectivity index (χ2n) is 8.84. The fourth-order valence-electron chi connectivity index (χ4n) is 4.31. The van der Waals surface area contributed by atoms with Gasteiger partial charge in [-0.15, -0.1) is 0 Å². The summed E-state index contributed by atoms with van der Waals surface area (Å²) in [6.07, 6.45) is 0. The number of nitro benzene ring substituents is 2. The van der Waals surface area contributed by atoms with Crippen LogP contribution < -0.4 is 5.32 Å². The third kappa shape index (κ3) is 6.09. The van der Waals surface area contributed by atoms with Gasteiger partial charge in [0.2, 0.25) is 0 Å². The molecule has 10 nitrogen and oxygen atoms in total. The number of carbonyl (C=O) groups is 1. The van der Waals surface area contributed by atoms with Gasteiger partial charge in [-0.05, 0) is 30.2 Å². The van der Waals surface area contributed by atoms with Gasteiger partial charge in [-0.1, -0.05) is 42.5 Å². The Kier molecular flexibility index (Phi) is 7.67. The van der Waals surface area contributed by atoms with Gasteiger partial charge in [0.15, 0.2) is 0 Å². The molecule has 0 radical (unpaired) electrons. The van der Waals surface area contributed by atoms with Crippen LogP contribution in [-0.2, 0) is 13.1 Å². The van der Waals surface area contributed by atoms with E-state index in [4.69, 9.17) is 0 Å². The molecule has 0 unspecified atom stereocenters. The first-order valence-electron chi connectivity index (χ1n) is 11.6. The molecular formula is C26H27N5O5. The van der Waals surface area contributed by atoms with E-state index in [0.717, 1.165) is 57.0 Å². The predicted molar refractivity (Wildman–Crippen MR) is 136 cm³/mol. The molecule has 1 amide bonds. The molecule has 3 aromatic rings. The number of rotatable bonds is 8. The van der Waals surface area contributed by atoms with Gasteiger partial charge in [0, 0.05) is 56.6 Å². The van der Waals surface area contributed by atoms with Gasteiger partial charge in [-0.2, -0.15) is 0 Å². The van der Waals surface area contributed by atoms with Crippen molar-refractivity contribution in [2.45, 2.75) is 20.0 Å². The molecular weight excluding hydrogens is 462 g/mol. The summed E-state index contributed by atoms with van der Waals surface area (Å²) in [5.74, 6) is -0.637. The molecule has 36 heavy (non-hydrogen) atoms. The van der Waals surface area contributed by atoms with Crippen LogP contribution in [0.2, 0.25) is 0 Å². The van der Waals surface area contributed by atoms with Crippen molar-refractivity contribution < 1.29 is 14.6 Å². The molecule has 0 aromatic heterocycles. The average Bonchev–Trinajstić information content (AvgIpc) is 2.87. The maximum atomic E-state index is 12.8. The highest BCUT2D eigenvalue weighted by Crippen LogP contribution is 2.28. The molecule has 1 aliphatic rings. The Labute approximate surface area is 208 Å². The average molecular weight is 490 g/mol. The molecule has 1 saturated heterocycles. The first kappa shape index (κ1) is 25.0. The van der Waals surface area contributed by atoms with Gasteiger partial charge in [0.1, 0.15) is 0 Å². The molecule has 3 aromatic carbocycles. The van der Waals surface area contributed by atoms with E-state index in [0.29, 0.717) is 5.69 Å². The monoisotopic (exact) mass is 489 g/mol. The minimum Gasteiger partial charge on any atom is -0.322 e. The van der Waals surface area contributed by atoms with E-state index in [2.05, 4.69) is 39.4 Å². The van der Waals surface area contributed by atoms with Crippen molar-refractivity contribution in [3.05, 3.63) is 109 Å². The summed E-state index contributed by atoms with van der Waals surface area (Å²) >= 11 is 0. The van der Waals surface area contributed by atoms with Crippen molar-refractivity contribution in [1.29, 1.82) is 0 Å². The topological polar surface area (TPSA) is 122 Å². The van der Waals surface area contributed by atoms with Gasteiger partial charge in [0.05, 0.1) is 21.5 Å². The van der Waals surface area contributed by atoms with Gasteiger partial charge in [0.25, 0.3) is 17.3 Å². The standard InChI is InChI=1S/C26H27N5O5/c1-19-24(15-23(30(33)34)16-25(19)31(35)36)26(32)27-22-9-7-21(8-10-22)18-29-13-11-28(12-14-29)17-20-5-3-2-4-6-20/h2-10,15-16H,11-14,17-18H2,1H3,(H,27,32). The van der Waals surface area contributed by atoms with Gasteiger partial charge in [-0.3, -0.25) is 34.8 Å². The Morgan fingerprint density at radius 2 is 1.39 bits per heavy atom. The highest BCUT2D eigenvalue weighted by Gasteiger charge is 2.25. The van der Waals surface area contributed by atoms with Crippen molar-refractivity contribution in [2.75, 3.05) is 31.5 Å². The Morgan fingerprint density at radius 3 is 1.92 bits per heavy atom. The van der Waals surface area contributed by atoms with Gasteiger partial charge in [-0.25, -0.2) is 0 Å². The molecule has 1 aliphatic heterocycles. The third-order valence-corrected chi connectivity index (χ3v) is 6.35. The molecule has 0 bridgehead atoms. The molecule has 1 N–H and O–H groups in total. The van der Waals surface area contributed by atoms with Crippen molar-refractivity contribution in [3.63, 3.8) is 0 Å². The summed E-state index contributed by atoms with van der Waals surface area (Å²) in [4.78, 5) is 38.6. The lowest BCUT2D eigenvalue weighted by Crippen LogP contribution is -2.45. The summed E-state index contributed by atoms with van der Waals surface area (Å²) in [6.45, 7) is 7.08. The molecule has 0 saturated carbocycles. The Morgan fingerprint density at radius 1 is 0.833 bits per heavy atom. The van der Waals surface area contributed by atoms with Gasteiger partial charge >= 0.3 is 0 Å². The molecule has 186 valence electrons. The molecule has 0 spiro atoms. The van der Waals surface area contributed by atoms with Crippen LogP contribution in [0.3, 0.4) is 0 Å². The number of hydrogen-bond acceptors (Lipinski definition) is 7. The van der Waals surface area contributed by atoms with Crippen LogP contribution in [0.15, 0.2) is 66.7 Å². The van der Waals surface area contributed by atoms with Crippen molar-refractivity contribution in [1.82, 2.24) is 9.80 Å². The smallest absolute Gasteiger partial charge is 0.279 e. The second-order valence-corrected chi connectivity index (χ2v) is 8.84. The Bertz CT molecular complexity index is 1260. The number of anilines is 1. The fourth-order valence-corrected chi connectivity index (χ4v) is 4.31. The minimum absolute atomic E-state index is 0.0751. The van der Waals surface area contributed by atoms with E-state index >= 15 is 0 Å². The molecule has 4 rings (SSSR count). The lowest BCUT2D eigenvalue weighted by atomic mass is 10.0. The number of benzene rings is 3. The van der Waals surface area contributed by atoms with E-state index in [9.17, 15) is 25.0 Å². The summed E-state index contributed by atoms with van der Waals surface area (Å²) in [6, 6.07) is 19.7. The normalized spacial score (nSPS) is 14.4. The quantitative estimate of drug-likeness (QED) is 0.368. The first-order valence-corrected chi connectivity index (χ1v) is 11.6. The highest BCUT2D eigenvalue weighted by molar-refractivity contribution is 6.06. The summed E-state index contributed by atoms with van der Waals surface area (Å²) < 4.78 is 0. The van der Waals surface area contributed by atoms with E-state index in [1.165, 1.54) is 12.5 Å². The SMILES string of the molecule is Cc1c(C(=O)Nc2ccc(CN3CCN(Cc4ccccc4)CC3)cc2)cc([N+](=O)[O-])cc1[N+](=O)[O-]. The first-order chi connectivity index (χ1) is 17.3. The molecule has 10 heteroatoms. The summed E-state index contributed by atoms with van der Waals surface area (Å²) in [7, 11) is 0. The van der Waals surface area contributed by atoms with E-state index < -0.39 is 27.1 Å². The second kappa shape index (κ2) is 11.1. The zero-order valence-electron chi connectivity index (χ0n) is 19.9. The minimum atomic E-state index is -0.750. The van der Waals surface area contributed by atoms with E-state index in [1.54, 1.807) is 12.1 Å². The van der Waals surface area contributed by atoms with E-state index in [1.807, 2.05) is 18.2 Å². The Hall–Kier alpha value is -4.15. The lowest BCUT2D eigenvalue weighted by molar-refractivity contribution is -0.394. The molecule has 0 atom stereocenters. The number of nitro groups is 2. The Balaban J connectivity index is 1.34. The van der Waals surface area contributed by atoms with Crippen LogP contribution in [0.25, 0.3) is 0 Å². The zero-order valence-corrected chi connectivity index (χ0v) is 19.9. The van der Waals surface area contributed by atoms with Crippen molar-refractivity contribution in [2.24, 2.45) is 0 Å². The molecule has 1 fully saturated rings. The van der Waals surface area contributed by atoms with Crippen LogP contribution in [0.1, 0.15) is 27.0 Å². The number of nitrogens with zero attached hydrogens (tertiary/aromatic N) is 4. The fraction of sp³-hybridized carbons (Fsp3) is 0.269. The van der Waals surface area contributed by atoms with Crippen LogP contribution in [-0.4, -0.2) is 51.7 Å². The number of carbonyl (C=O) groups excluding carboxylic acids is 1. The number of hydrogen-bond donors (Lipinski definition) is 1. The number of nitrogens with one attached hydrogen (secondary N) is 1. The lowest BCUT2D eigenvalue weighted by Gasteiger charge is -2.34. The van der Waals surface area contributed by atoms with E-state index in [-0.39, 0.29) is 11.1 Å². The molecule has 1 heterocycles. The molecule has 0 aliphatic carbocycles.